The van der Waals surface area contributed by atoms with Crippen LogP contribution >= 0.6 is 0 Å². The van der Waals surface area contributed by atoms with Gasteiger partial charge in [-0.2, -0.15) is 0 Å². The van der Waals surface area contributed by atoms with E-state index in [1.165, 1.54) is 17.5 Å². The summed E-state index contributed by atoms with van der Waals surface area (Å²) in [5, 5.41) is 12.9. The number of aliphatic hydroxyl groups is 1. The average Bonchev–Trinajstić information content (AvgIpc) is 2.51. The summed E-state index contributed by atoms with van der Waals surface area (Å²) in [6, 6.07) is 17.1. The third-order valence-electron chi connectivity index (χ3n) is 4.24. The Morgan fingerprint density at radius 2 is 1.85 bits per heavy atom. The van der Waals surface area contributed by atoms with E-state index in [4.69, 9.17) is 0 Å². The summed E-state index contributed by atoms with van der Waals surface area (Å²) in [6.45, 7) is 2.40. The van der Waals surface area contributed by atoms with Gasteiger partial charge in [-0.3, -0.25) is 0 Å². The van der Waals surface area contributed by atoms with Gasteiger partial charge < -0.3 is 10.4 Å². The van der Waals surface area contributed by atoms with E-state index in [2.05, 4.69) is 42.6 Å². The van der Waals surface area contributed by atoms with Crippen LogP contribution in [0.25, 0.3) is 0 Å². The molecule has 0 bridgehead atoms. The van der Waals surface area contributed by atoms with Crippen molar-refractivity contribution < 1.29 is 5.11 Å². The monoisotopic (exact) mass is 267 g/mol. The van der Waals surface area contributed by atoms with Crippen molar-refractivity contribution in [1.82, 2.24) is 0 Å². The number of anilines is 1. The van der Waals surface area contributed by atoms with Crippen LogP contribution in [0.3, 0.4) is 0 Å². The number of fused-ring (bicyclic) bond motifs is 1. The van der Waals surface area contributed by atoms with E-state index < -0.39 is 0 Å². The number of rotatable bonds is 3. The van der Waals surface area contributed by atoms with Crippen LogP contribution in [-0.4, -0.2) is 5.11 Å². The SMILES string of the molecule is CC1CCC(Nc2cccc(CO)c2)c2ccccc21. The normalized spacial score (nSPS) is 21.3. The molecule has 0 spiro atoms. The van der Waals surface area contributed by atoms with Gasteiger partial charge in [0.1, 0.15) is 0 Å². The minimum atomic E-state index is 0.0911. The Labute approximate surface area is 120 Å². The maximum atomic E-state index is 9.23. The number of benzene rings is 2. The lowest BCUT2D eigenvalue weighted by Gasteiger charge is -2.31. The molecule has 0 saturated heterocycles. The van der Waals surface area contributed by atoms with Crippen LogP contribution < -0.4 is 5.32 Å². The summed E-state index contributed by atoms with van der Waals surface area (Å²) in [5.74, 6) is 0.646. The molecule has 2 unspecified atom stereocenters. The second kappa shape index (κ2) is 5.68. The average molecular weight is 267 g/mol. The standard InChI is InChI=1S/C18H21NO/c1-13-9-10-18(17-8-3-2-7-16(13)17)19-15-6-4-5-14(11-15)12-20/h2-8,11,13,18-20H,9-10,12H2,1H3. The van der Waals surface area contributed by atoms with Gasteiger partial charge in [0.25, 0.3) is 0 Å². The number of hydrogen-bond donors (Lipinski definition) is 2. The lowest BCUT2D eigenvalue weighted by molar-refractivity contribution is 0.282. The van der Waals surface area contributed by atoms with Gasteiger partial charge in [-0.25, -0.2) is 0 Å². The van der Waals surface area contributed by atoms with E-state index in [0.29, 0.717) is 12.0 Å². The summed E-state index contributed by atoms with van der Waals surface area (Å²) < 4.78 is 0. The molecular formula is C18H21NO. The topological polar surface area (TPSA) is 32.3 Å². The van der Waals surface area contributed by atoms with Gasteiger partial charge >= 0.3 is 0 Å². The van der Waals surface area contributed by atoms with Gasteiger partial charge in [0, 0.05) is 5.69 Å². The largest absolute Gasteiger partial charge is 0.392 e. The molecule has 1 aliphatic rings. The van der Waals surface area contributed by atoms with Crippen LogP contribution in [-0.2, 0) is 6.61 Å². The molecule has 2 aromatic carbocycles. The highest BCUT2D eigenvalue weighted by Gasteiger charge is 2.24. The summed E-state index contributed by atoms with van der Waals surface area (Å²) in [7, 11) is 0. The van der Waals surface area contributed by atoms with Gasteiger partial charge in [-0.15, -0.1) is 0 Å². The summed E-state index contributed by atoms with van der Waals surface area (Å²) in [4.78, 5) is 0. The molecule has 0 aromatic heterocycles. The smallest absolute Gasteiger partial charge is 0.0682 e. The summed E-state index contributed by atoms with van der Waals surface area (Å²) in [5.41, 5.74) is 4.92. The van der Waals surface area contributed by atoms with Gasteiger partial charge in [-0.05, 0) is 47.6 Å². The van der Waals surface area contributed by atoms with Crippen molar-refractivity contribution in [2.45, 2.75) is 38.3 Å². The van der Waals surface area contributed by atoms with E-state index in [-0.39, 0.29) is 6.61 Å². The number of aliphatic hydroxyl groups excluding tert-OH is 1. The van der Waals surface area contributed by atoms with Crippen molar-refractivity contribution in [2.75, 3.05) is 5.32 Å². The molecule has 0 radical (unpaired) electrons. The fourth-order valence-electron chi connectivity index (χ4n) is 3.12. The Morgan fingerprint density at radius 3 is 2.65 bits per heavy atom. The van der Waals surface area contributed by atoms with Crippen LogP contribution in [0.1, 0.15) is 48.4 Å². The van der Waals surface area contributed by atoms with Crippen LogP contribution in [0.4, 0.5) is 5.69 Å². The molecule has 0 aliphatic heterocycles. The molecule has 2 aromatic rings. The molecule has 1 aliphatic carbocycles. The highest BCUT2D eigenvalue weighted by atomic mass is 16.3. The fourth-order valence-corrected chi connectivity index (χ4v) is 3.12. The van der Waals surface area contributed by atoms with Crippen molar-refractivity contribution in [1.29, 1.82) is 0 Å². The van der Waals surface area contributed by atoms with Crippen molar-refractivity contribution in [3.63, 3.8) is 0 Å². The Kier molecular flexibility index (Phi) is 3.75. The third kappa shape index (κ3) is 2.56. The van der Waals surface area contributed by atoms with Crippen LogP contribution in [0.5, 0.6) is 0 Å². The minimum absolute atomic E-state index is 0.0911. The molecule has 20 heavy (non-hydrogen) atoms. The first-order valence-electron chi connectivity index (χ1n) is 7.33. The van der Waals surface area contributed by atoms with E-state index in [9.17, 15) is 5.11 Å². The molecular weight excluding hydrogens is 246 g/mol. The molecule has 2 N–H and O–H groups in total. The van der Waals surface area contributed by atoms with E-state index in [1.807, 2.05) is 18.2 Å². The lowest BCUT2D eigenvalue weighted by atomic mass is 9.81. The highest BCUT2D eigenvalue weighted by molar-refractivity contribution is 5.49. The number of hydrogen-bond acceptors (Lipinski definition) is 2. The first-order valence-corrected chi connectivity index (χ1v) is 7.33. The van der Waals surface area contributed by atoms with Crippen LogP contribution in [0.15, 0.2) is 48.5 Å². The van der Waals surface area contributed by atoms with Gasteiger partial charge in [0.2, 0.25) is 0 Å². The molecule has 0 saturated carbocycles. The predicted octanol–water partition coefficient (Wildman–Crippen LogP) is 4.23. The molecule has 2 heteroatoms. The molecule has 0 fully saturated rings. The molecule has 0 amide bonds. The molecule has 2 atom stereocenters. The molecule has 104 valence electrons. The molecule has 2 nitrogen and oxygen atoms in total. The van der Waals surface area contributed by atoms with E-state index in [0.717, 1.165) is 17.7 Å². The molecule has 3 rings (SSSR count). The quantitative estimate of drug-likeness (QED) is 0.872. The van der Waals surface area contributed by atoms with Gasteiger partial charge in [-0.1, -0.05) is 43.3 Å². The molecule has 0 heterocycles. The maximum absolute atomic E-state index is 9.23. The minimum Gasteiger partial charge on any atom is -0.392 e. The number of nitrogens with one attached hydrogen (secondary N) is 1. The van der Waals surface area contributed by atoms with Gasteiger partial charge in [0.15, 0.2) is 0 Å². The van der Waals surface area contributed by atoms with Crippen LogP contribution in [0, 0.1) is 0 Å². The van der Waals surface area contributed by atoms with E-state index >= 15 is 0 Å². The highest BCUT2D eigenvalue weighted by Crippen LogP contribution is 2.38. The second-order valence-electron chi connectivity index (χ2n) is 5.66. The zero-order valence-electron chi connectivity index (χ0n) is 11.8. The van der Waals surface area contributed by atoms with Crippen molar-refractivity contribution in [3.05, 3.63) is 65.2 Å². The third-order valence-corrected chi connectivity index (χ3v) is 4.24. The predicted molar refractivity (Wildman–Crippen MR) is 82.8 cm³/mol. The zero-order chi connectivity index (χ0) is 13.9. The summed E-state index contributed by atoms with van der Waals surface area (Å²) in [6.07, 6.45) is 2.37. The Balaban J connectivity index is 1.86. The summed E-state index contributed by atoms with van der Waals surface area (Å²) >= 11 is 0. The first kappa shape index (κ1) is 13.2. The Bertz CT molecular complexity index is 593. The maximum Gasteiger partial charge on any atom is 0.0682 e. The zero-order valence-corrected chi connectivity index (χ0v) is 11.8. The van der Waals surface area contributed by atoms with Crippen molar-refractivity contribution >= 4 is 5.69 Å². The van der Waals surface area contributed by atoms with Crippen molar-refractivity contribution in [3.8, 4) is 0 Å². The van der Waals surface area contributed by atoms with Gasteiger partial charge in [0.05, 0.1) is 12.6 Å². The Morgan fingerprint density at radius 1 is 1.05 bits per heavy atom. The second-order valence-corrected chi connectivity index (χ2v) is 5.66. The van der Waals surface area contributed by atoms with Crippen molar-refractivity contribution in [2.24, 2.45) is 0 Å². The lowest BCUT2D eigenvalue weighted by Crippen LogP contribution is -2.19. The van der Waals surface area contributed by atoms with Crippen LogP contribution in [0.2, 0.25) is 0 Å². The first-order chi connectivity index (χ1) is 9.78. The fraction of sp³-hybridized carbons (Fsp3) is 0.333. The van der Waals surface area contributed by atoms with E-state index in [1.54, 1.807) is 0 Å². The Hall–Kier alpha value is -1.80.